The number of nitrogens with one attached hydrogen (secondary N) is 1. The number of carbonyl (C=O) groups is 2. The van der Waals surface area contributed by atoms with Crippen molar-refractivity contribution in [2.75, 3.05) is 30.0 Å². The van der Waals surface area contributed by atoms with Gasteiger partial charge in [0.15, 0.2) is 6.61 Å². The van der Waals surface area contributed by atoms with Crippen molar-refractivity contribution in [3.63, 3.8) is 0 Å². The Morgan fingerprint density at radius 2 is 1.88 bits per heavy atom. The van der Waals surface area contributed by atoms with Crippen LogP contribution in [0, 0.1) is 5.92 Å². The zero-order chi connectivity index (χ0) is 23.8. The smallest absolute Gasteiger partial charge is 0.265 e. The van der Waals surface area contributed by atoms with E-state index < -0.39 is 0 Å². The van der Waals surface area contributed by atoms with Crippen LogP contribution >= 0.6 is 11.6 Å². The fourth-order valence-electron chi connectivity index (χ4n) is 4.65. The molecule has 0 atom stereocenters. The molecular formula is C27H33ClN2O4. The second-order valence-corrected chi connectivity index (χ2v) is 9.55. The first-order valence-electron chi connectivity index (χ1n) is 12.3. The molecule has 4 rings (SSSR count). The highest BCUT2D eigenvalue weighted by Gasteiger charge is 2.25. The van der Waals surface area contributed by atoms with Gasteiger partial charge in [-0.1, -0.05) is 43.7 Å². The number of fused-ring (bicyclic) bond motifs is 1. The topological polar surface area (TPSA) is 67.9 Å². The predicted molar refractivity (Wildman–Crippen MR) is 135 cm³/mol. The third-order valence-electron chi connectivity index (χ3n) is 6.55. The lowest BCUT2D eigenvalue weighted by molar-refractivity contribution is -0.121. The van der Waals surface area contributed by atoms with E-state index in [9.17, 15) is 9.59 Å². The summed E-state index contributed by atoms with van der Waals surface area (Å²) in [5.74, 6) is 2.07. The highest BCUT2D eigenvalue weighted by Crippen LogP contribution is 2.35. The van der Waals surface area contributed by atoms with Crippen LogP contribution in [0.2, 0.25) is 5.02 Å². The molecule has 0 bridgehead atoms. The highest BCUT2D eigenvalue weighted by molar-refractivity contribution is 6.30. The fraction of sp³-hybridized carbons (Fsp3) is 0.481. The van der Waals surface area contributed by atoms with Crippen molar-refractivity contribution in [1.82, 2.24) is 0 Å². The molecule has 1 N–H and O–H groups in total. The number of halogens is 1. The lowest BCUT2D eigenvalue weighted by Gasteiger charge is -2.30. The molecule has 1 fully saturated rings. The predicted octanol–water partition coefficient (Wildman–Crippen LogP) is 6.22. The monoisotopic (exact) mass is 484 g/mol. The molecule has 0 unspecified atom stereocenters. The van der Waals surface area contributed by atoms with Crippen LogP contribution < -0.4 is 19.7 Å². The molecule has 6 nitrogen and oxygen atoms in total. The first-order valence-corrected chi connectivity index (χ1v) is 12.7. The maximum Gasteiger partial charge on any atom is 0.265 e. The third kappa shape index (κ3) is 6.89. The van der Waals surface area contributed by atoms with Crippen molar-refractivity contribution in [3.05, 3.63) is 47.5 Å². The molecule has 34 heavy (non-hydrogen) atoms. The summed E-state index contributed by atoms with van der Waals surface area (Å²) in [5.41, 5.74) is 1.40. The van der Waals surface area contributed by atoms with E-state index in [0.717, 1.165) is 25.0 Å². The van der Waals surface area contributed by atoms with Gasteiger partial charge in [-0.25, -0.2) is 0 Å². The number of carbonyl (C=O) groups excluding carboxylic acids is 2. The van der Waals surface area contributed by atoms with Crippen LogP contribution in [-0.2, 0) is 9.59 Å². The Balaban J connectivity index is 1.27. The number of amides is 2. The van der Waals surface area contributed by atoms with Crippen LogP contribution in [0.15, 0.2) is 42.5 Å². The fourth-order valence-corrected chi connectivity index (χ4v) is 4.78. The molecule has 2 aromatic carbocycles. The maximum atomic E-state index is 12.6. The summed E-state index contributed by atoms with van der Waals surface area (Å²) in [6.07, 6.45) is 9.46. The SMILES string of the molecule is O=C(CCC1CCCCC1)Nc1ccc2c(c1)N(CCCCOc1ccc(Cl)cc1)C(=O)CO2. The molecule has 0 aromatic heterocycles. The number of benzene rings is 2. The van der Waals surface area contributed by atoms with Gasteiger partial charge in [0.25, 0.3) is 5.91 Å². The number of rotatable bonds is 10. The van der Waals surface area contributed by atoms with E-state index in [1.54, 1.807) is 17.0 Å². The molecule has 0 spiro atoms. The standard InChI is InChI=1S/C27H33ClN2O4/c28-21-9-12-23(13-10-21)33-17-5-4-16-30-24-18-22(11-14-25(24)34-19-27(30)32)29-26(31)15-8-20-6-2-1-3-7-20/h9-14,18,20H,1-8,15-17,19H2,(H,29,31). The Hall–Kier alpha value is -2.73. The van der Waals surface area contributed by atoms with Crippen molar-refractivity contribution in [3.8, 4) is 11.5 Å². The third-order valence-corrected chi connectivity index (χ3v) is 6.80. The molecule has 1 aliphatic carbocycles. The van der Waals surface area contributed by atoms with Crippen LogP contribution in [0.4, 0.5) is 11.4 Å². The van der Waals surface area contributed by atoms with Crippen molar-refractivity contribution >= 4 is 34.8 Å². The molecule has 1 saturated carbocycles. The van der Waals surface area contributed by atoms with Gasteiger partial charge >= 0.3 is 0 Å². The molecular weight excluding hydrogens is 452 g/mol. The zero-order valence-electron chi connectivity index (χ0n) is 19.6. The Bertz CT molecular complexity index is 973. The van der Waals surface area contributed by atoms with Crippen LogP contribution in [0.25, 0.3) is 0 Å². The number of hydrogen-bond donors (Lipinski definition) is 1. The van der Waals surface area contributed by atoms with E-state index in [1.807, 2.05) is 30.3 Å². The number of hydrogen-bond acceptors (Lipinski definition) is 4. The normalized spacial score (nSPS) is 16.0. The van der Waals surface area contributed by atoms with Crippen LogP contribution in [0.1, 0.15) is 57.8 Å². The minimum absolute atomic E-state index is 0.0273. The average molecular weight is 485 g/mol. The summed E-state index contributed by atoms with van der Waals surface area (Å²) in [5, 5.41) is 3.68. The number of nitrogens with zero attached hydrogens (tertiary/aromatic N) is 1. The summed E-state index contributed by atoms with van der Waals surface area (Å²) in [6, 6.07) is 12.8. The number of unbranched alkanes of at least 4 members (excludes halogenated alkanes) is 1. The number of anilines is 2. The molecule has 1 aliphatic heterocycles. The van der Waals surface area contributed by atoms with Gasteiger partial charge in [-0.2, -0.15) is 0 Å². The van der Waals surface area contributed by atoms with E-state index in [2.05, 4.69) is 5.32 Å². The minimum atomic E-state index is -0.0769. The van der Waals surface area contributed by atoms with E-state index >= 15 is 0 Å². The van der Waals surface area contributed by atoms with Gasteiger partial charge < -0.3 is 19.7 Å². The Labute approximate surface area is 206 Å². The lowest BCUT2D eigenvalue weighted by atomic mass is 9.86. The van der Waals surface area contributed by atoms with Crippen LogP contribution in [0.3, 0.4) is 0 Å². The summed E-state index contributed by atoms with van der Waals surface area (Å²) in [6.45, 7) is 1.16. The summed E-state index contributed by atoms with van der Waals surface area (Å²) < 4.78 is 11.4. The van der Waals surface area contributed by atoms with Crippen molar-refractivity contribution < 1.29 is 19.1 Å². The van der Waals surface area contributed by atoms with Gasteiger partial charge in [-0.3, -0.25) is 9.59 Å². The van der Waals surface area contributed by atoms with Crippen molar-refractivity contribution in [2.45, 2.75) is 57.8 Å². The van der Waals surface area contributed by atoms with Gasteiger partial charge in [0.2, 0.25) is 5.91 Å². The van der Waals surface area contributed by atoms with E-state index in [1.165, 1.54) is 32.1 Å². The molecule has 0 saturated heterocycles. The average Bonchev–Trinajstić information content (AvgIpc) is 2.85. The number of ether oxygens (including phenoxy) is 2. The molecule has 2 aliphatic rings. The largest absolute Gasteiger partial charge is 0.494 e. The van der Waals surface area contributed by atoms with E-state index in [-0.39, 0.29) is 18.4 Å². The maximum absolute atomic E-state index is 12.6. The second kappa shape index (κ2) is 12.1. The summed E-state index contributed by atoms with van der Waals surface area (Å²) in [7, 11) is 0. The van der Waals surface area contributed by atoms with Gasteiger partial charge in [0.05, 0.1) is 12.3 Å². The molecule has 1 heterocycles. The van der Waals surface area contributed by atoms with Gasteiger partial charge in [-0.15, -0.1) is 0 Å². The van der Waals surface area contributed by atoms with E-state index in [0.29, 0.717) is 47.6 Å². The zero-order valence-corrected chi connectivity index (χ0v) is 20.3. The Morgan fingerprint density at radius 3 is 2.68 bits per heavy atom. The van der Waals surface area contributed by atoms with Gasteiger partial charge in [0, 0.05) is 23.7 Å². The van der Waals surface area contributed by atoms with Crippen molar-refractivity contribution in [1.29, 1.82) is 0 Å². The van der Waals surface area contributed by atoms with Crippen LogP contribution in [0.5, 0.6) is 11.5 Å². The van der Waals surface area contributed by atoms with Gasteiger partial charge in [-0.05, 0) is 67.6 Å². The molecule has 7 heteroatoms. The lowest BCUT2D eigenvalue weighted by Crippen LogP contribution is -2.39. The molecule has 2 amide bonds. The van der Waals surface area contributed by atoms with E-state index in [4.69, 9.17) is 21.1 Å². The molecule has 182 valence electrons. The van der Waals surface area contributed by atoms with Crippen molar-refractivity contribution in [2.24, 2.45) is 5.92 Å². The Morgan fingerprint density at radius 1 is 1.09 bits per heavy atom. The summed E-state index contributed by atoms with van der Waals surface area (Å²) in [4.78, 5) is 26.8. The van der Waals surface area contributed by atoms with Crippen LogP contribution in [-0.4, -0.2) is 31.6 Å². The summed E-state index contributed by atoms with van der Waals surface area (Å²) >= 11 is 5.90. The molecule has 0 radical (unpaired) electrons. The minimum Gasteiger partial charge on any atom is -0.494 e. The highest BCUT2D eigenvalue weighted by atomic mass is 35.5. The Kier molecular flexibility index (Phi) is 8.69. The second-order valence-electron chi connectivity index (χ2n) is 9.12. The first-order chi connectivity index (χ1) is 16.6. The van der Waals surface area contributed by atoms with Gasteiger partial charge in [0.1, 0.15) is 11.5 Å². The molecule has 2 aromatic rings. The first kappa shape index (κ1) is 24.4. The quantitative estimate of drug-likeness (QED) is 0.406.